The van der Waals surface area contributed by atoms with Gasteiger partial charge in [-0.2, -0.15) is 0 Å². The molecule has 1 rings (SSSR count). The van der Waals surface area contributed by atoms with Gasteiger partial charge >= 0.3 is 0 Å². The number of allylic oxidation sites excluding steroid dienone is 1. The number of nitrogens with one attached hydrogen (secondary N) is 1. The van der Waals surface area contributed by atoms with Gasteiger partial charge in [0, 0.05) is 13.1 Å². The zero-order valence-electron chi connectivity index (χ0n) is 8.92. The van der Waals surface area contributed by atoms with E-state index < -0.39 is 0 Å². The largest absolute Gasteiger partial charge is 0.350 e. The maximum atomic E-state index is 11.6. The van der Waals surface area contributed by atoms with E-state index in [1.54, 1.807) is 6.08 Å². The van der Waals surface area contributed by atoms with E-state index in [1.807, 2.05) is 19.9 Å². The number of hydrogen-bond acceptors (Lipinski definition) is 2. The van der Waals surface area contributed by atoms with Gasteiger partial charge in [0.05, 0.1) is 0 Å². The zero-order chi connectivity index (χ0) is 10.4. The van der Waals surface area contributed by atoms with Gasteiger partial charge < -0.3 is 5.32 Å². The Kier molecular flexibility index (Phi) is 4.36. The highest BCUT2D eigenvalue weighted by Gasteiger charge is 2.22. The van der Waals surface area contributed by atoms with Crippen molar-refractivity contribution < 1.29 is 4.79 Å². The predicted octanol–water partition coefficient (Wildman–Crippen LogP) is 1.55. The average molecular weight is 194 g/mol. The molecule has 0 heterocycles. The first-order valence-electron chi connectivity index (χ1n) is 5.23. The van der Waals surface area contributed by atoms with Crippen LogP contribution in [0.4, 0.5) is 0 Å². The van der Waals surface area contributed by atoms with Crippen molar-refractivity contribution in [2.75, 3.05) is 13.1 Å². The van der Waals surface area contributed by atoms with Crippen molar-refractivity contribution in [3.05, 3.63) is 12.2 Å². The average Bonchev–Trinajstić information content (AvgIpc) is 2.97. The number of rotatable bonds is 5. The third-order valence-corrected chi connectivity index (χ3v) is 2.13. The van der Waals surface area contributed by atoms with Crippen molar-refractivity contribution in [1.82, 2.24) is 5.32 Å². The van der Waals surface area contributed by atoms with Crippen molar-refractivity contribution in [2.45, 2.75) is 26.7 Å². The predicted molar refractivity (Wildman–Crippen MR) is 58.5 cm³/mol. The topological polar surface area (TPSA) is 41.5 Å². The number of amides is 1. The Bertz CT molecular complexity index is 252. The summed E-state index contributed by atoms with van der Waals surface area (Å²) in [5.74, 6) is 0.671. The van der Waals surface area contributed by atoms with Gasteiger partial charge in [0.25, 0.3) is 5.91 Å². The molecule has 1 aliphatic rings. The summed E-state index contributed by atoms with van der Waals surface area (Å²) in [4.78, 5) is 15.7. The van der Waals surface area contributed by atoms with Crippen LogP contribution in [0, 0.1) is 5.92 Å². The van der Waals surface area contributed by atoms with Crippen LogP contribution in [0.3, 0.4) is 0 Å². The van der Waals surface area contributed by atoms with Crippen LogP contribution in [-0.4, -0.2) is 24.7 Å². The van der Waals surface area contributed by atoms with E-state index >= 15 is 0 Å². The molecule has 0 aliphatic heterocycles. The molecule has 14 heavy (non-hydrogen) atoms. The Morgan fingerprint density at radius 2 is 2.29 bits per heavy atom. The second-order valence-electron chi connectivity index (χ2n) is 3.51. The van der Waals surface area contributed by atoms with Gasteiger partial charge in [0.1, 0.15) is 5.71 Å². The van der Waals surface area contributed by atoms with Crippen LogP contribution in [-0.2, 0) is 4.79 Å². The summed E-state index contributed by atoms with van der Waals surface area (Å²) in [7, 11) is 0. The molecule has 78 valence electrons. The molecule has 3 nitrogen and oxygen atoms in total. The molecule has 0 aromatic rings. The number of aliphatic imine (C=N–C) groups is 1. The van der Waals surface area contributed by atoms with Crippen molar-refractivity contribution in [2.24, 2.45) is 10.9 Å². The lowest BCUT2D eigenvalue weighted by Crippen LogP contribution is -2.31. The fourth-order valence-corrected chi connectivity index (χ4v) is 1.18. The molecule has 1 amide bonds. The highest BCUT2D eigenvalue weighted by atomic mass is 16.1. The Labute approximate surface area is 85.3 Å². The van der Waals surface area contributed by atoms with Crippen LogP contribution < -0.4 is 5.32 Å². The Balaban J connectivity index is 2.40. The standard InChI is InChI=1S/C11H18N2O/c1-3-5-10(12-4-2)11(14)13-8-9-6-7-9/h3,5,9H,4,6-8H2,1-2H3,(H,13,14)/b5-3-,12-10+. The summed E-state index contributed by atoms with van der Waals surface area (Å²) in [5, 5.41) is 2.89. The van der Waals surface area contributed by atoms with E-state index in [4.69, 9.17) is 0 Å². The highest BCUT2D eigenvalue weighted by molar-refractivity contribution is 6.43. The first-order valence-corrected chi connectivity index (χ1v) is 5.23. The summed E-state index contributed by atoms with van der Waals surface area (Å²) in [6, 6.07) is 0. The van der Waals surface area contributed by atoms with Crippen molar-refractivity contribution >= 4 is 11.6 Å². The van der Waals surface area contributed by atoms with E-state index in [0.29, 0.717) is 18.2 Å². The number of hydrogen-bond donors (Lipinski definition) is 1. The summed E-state index contributed by atoms with van der Waals surface area (Å²) in [5.41, 5.74) is 0.538. The fraction of sp³-hybridized carbons (Fsp3) is 0.636. The smallest absolute Gasteiger partial charge is 0.269 e. The Morgan fingerprint density at radius 3 is 2.79 bits per heavy atom. The van der Waals surface area contributed by atoms with Crippen LogP contribution in [0.1, 0.15) is 26.7 Å². The summed E-state index contributed by atoms with van der Waals surface area (Å²) in [6.07, 6.45) is 6.10. The lowest BCUT2D eigenvalue weighted by Gasteiger charge is -2.03. The van der Waals surface area contributed by atoms with E-state index in [2.05, 4.69) is 10.3 Å². The molecule has 0 atom stereocenters. The van der Waals surface area contributed by atoms with Crippen LogP contribution in [0.25, 0.3) is 0 Å². The van der Waals surface area contributed by atoms with Gasteiger partial charge in [-0.05, 0) is 38.7 Å². The molecule has 1 N–H and O–H groups in total. The SMILES string of the molecule is C/C=C\C(=N/CC)C(=O)NCC1CC1. The van der Waals surface area contributed by atoms with E-state index in [1.165, 1.54) is 12.8 Å². The van der Waals surface area contributed by atoms with Gasteiger partial charge in [0.2, 0.25) is 0 Å². The first kappa shape index (κ1) is 11.0. The zero-order valence-corrected chi connectivity index (χ0v) is 8.92. The number of carbonyl (C=O) groups is 1. The van der Waals surface area contributed by atoms with Gasteiger partial charge in [0.15, 0.2) is 0 Å². The second kappa shape index (κ2) is 5.58. The van der Waals surface area contributed by atoms with E-state index in [-0.39, 0.29) is 5.91 Å². The highest BCUT2D eigenvalue weighted by Crippen LogP contribution is 2.27. The molecule has 0 bridgehead atoms. The summed E-state index contributed by atoms with van der Waals surface area (Å²) in [6.45, 7) is 5.27. The molecule has 0 aromatic heterocycles. The lowest BCUT2D eigenvalue weighted by atomic mass is 10.3. The normalized spacial score (nSPS) is 17.4. The minimum absolute atomic E-state index is 0.0446. The van der Waals surface area contributed by atoms with Crippen molar-refractivity contribution in [3.63, 3.8) is 0 Å². The van der Waals surface area contributed by atoms with Crippen molar-refractivity contribution in [1.29, 1.82) is 0 Å². The third-order valence-electron chi connectivity index (χ3n) is 2.13. The Hall–Kier alpha value is -1.12. The van der Waals surface area contributed by atoms with Crippen LogP contribution in [0.5, 0.6) is 0 Å². The Morgan fingerprint density at radius 1 is 1.57 bits per heavy atom. The van der Waals surface area contributed by atoms with Crippen LogP contribution in [0.15, 0.2) is 17.1 Å². The molecule has 0 spiro atoms. The molecular formula is C11H18N2O. The molecule has 3 heteroatoms. The van der Waals surface area contributed by atoms with Crippen LogP contribution >= 0.6 is 0 Å². The maximum Gasteiger partial charge on any atom is 0.269 e. The van der Waals surface area contributed by atoms with Crippen LogP contribution in [0.2, 0.25) is 0 Å². The van der Waals surface area contributed by atoms with Gasteiger partial charge in [-0.1, -0.05) is 6.08 Å². The van der Waals surface area contributed by atoms with Crippen molar-refractivity contribution in [3.8, 4) is 0 Å². The molecule has 1 aliphatic carbocycles. The van der Waals surface area contributed by atoms with E-state index in [0.717, 1.165) is 6.54 Å². The monoisotopic (exact) mass is 194 g/mol. The molecule has 0 unspecified atom stereocenters. The third kappa shape index (κ3) is 3.73. The molecule has 0 radical (unpaired) electrons. The summed E-state index contributed by atoms with van der Waals surface area (Å²) >= 11 is 0. The quantitative estimate of drug-likeness (QED) is 0.663. The second-order valence-corrected chi connectivity index (χ2v) is 3.51. The summed E-state index contributed by atoms with van der Waals surface area (Å²) < 4.78 is 0. The maximum absolute atomic E-state index is 11.6. The fourth-order valence-electron chi connectivity index (χ4n) is 1.18. The first-order chi connectivity index (χ1) is 6.77. The number of nitrogens with zero attached hydrogens (tertiary/aromatic N) is 1. The van der Waals surface area contributed by atoms with Gasteiger partial charge in [-0.25, -0.2) is 0 Å². The minimum Gasteiger partial charge on any atom is -0.350 e. The molecule has 0 saturated heterocycles. The van der Waals surface area contributed by atoms with Gasteiger partial charge in [-0.3, -0.25) is 9.79 Å². The van der Waals surface area contributed by atoms with E-state index in [9.17, 15) is 4.79 Å². The molecular weight excluding hydrogens is 176 g/mol. The molecule has 1 saturated carbocycles. The lowest BCUT2D eigenvalue weighted by molar-refractivity contribution is -0.114. The molecule has 1 fully saturated rings. The number of carbonyl (C=O) groups excluding carboxylic acids is 1. The van der Waals surface area contributed by atoms with Gasteiger partial charge in [-0.15, -0.1) is 0 Å². The minimum atomic E-state index is -0.0446. The molecule has 0 aromatic carbocycles.